The third-order valence-electron chi connectivity index (χ3n) is 5.59. The molecule has 0 spiro atoms. The lowest BCUT2D eigenvalue weighted by atomic mass is 9.89. The van der Waals surface area contributed by atoms with Gasteiger partial charge in [0.25, 0.3) is 0 Å². The highest BCUT2D eigenvalue weighted by Crippen LogP contribution is 2.27. The number of hydrogen-bond acceptors (Lipinski definition) is 7. The summed E-state index contributed by atoms with van der Waals surface area (Å²) < 4.78 is 6.98. The number of Topliss-reactive ketones (excluding diaryl/α,β-unsaturated/α-hetero) is 1. The molecule has 1 aromatic carbocycles. The lowest BCUT2D eigenvalue weighted by Crippen LogP contribution is -2.37. The number of ether oxygens (including phenoxy) is 1. The number of ketones is 1. The van der Waals surface area contributed by atoms with Crippen LogP contribution < -0.4 is 9.64 Å². The zero-order valence-electron chi connectivity index (χ0n) is 16.6. The van der Waals surface area contributed by atoms with Gasteiger partial charge >= 0.3 is 0 Å². The Morgan fingerprint density at radius 1 is 1.07 bits per heavy atom. The number of carbonyl (C=O) groups excluding carboxylic acids is 1. The average Bonchev–Trinajstić information content (AvgIpc) is 3.48. The zero-order valence-corrected chi connectivity index (χ0v) is 17.4. The van der Waals surface area contributed by atoms with E-state index in [4.69, 9.17) is 9.84 Å². The number of anilines is 1. The number of carbonyl (C=O) groups is 1. The van der Waals surface area contributed by atoms with Gasteiger partial charge in [-0.15, -0.1) is 15.3 Å². The van der Waals surface area contributed by atoms with E-state index in [-0.39, 0.29) is 11.7 Å². The van der Waals surface area contributed by atoms with E-state index >= 15 is 0 Å². The van der Waals surface area contributed by atoms with Crippen molar-refractivity contribution in [3.63, 3.8) is 0 Å². The van der Waals surface area contributed by atoms with E-state index in [0.717, 1.165) is 60.1 Å². The van der Waals surface area contributed by atoms with Crippen molar-refractivity contribution in [1.29, 1.82) is 0 Å². The van der Waals surface area contributed by atoms with Gasteiger partial charge < -0.3 is 9.64 Å². The first-order chi connectivity index (χ1) is 14.7. The van der Waals surface area contributed by atoms with Gasteiger partial charge in [0.05, 0.1) is 7.11 Å². The van der Waals surface area contributed by atoms with Crippen molar-refractivity contribution in [2.45, 2.75) is 12.8 Å². The van der Waals surface area contributed by atoms with Crippen LogP contribution in [0, 0.1) is 5.92 Å². The van der Waals surface area contributed by atoms with E-state index < -0.39 is 0 Å². The van der Waals surface area contributed by atoms with Crippen molar-refractivity contribution in [3.8, 4) is 17.1 Å². The Balaban J connectivity index is 1.31. The van der Waals surface area contributed by atoms with Gasteiger partial charge in [-0.3, -0.25) is 4.79 Å². The van der Waals surface area contributed by atoms with Gasteiger partial charge in [-0.2, -0.15) is 15.9 Å². The molecular weight excluding hydrogens is 398 g/mol. The molecule has 0 atom stereocenters. The molecule has 152 valence electrons. The Bertz CT molecular complexity index is 1160. The number of fused-ring (bicyclic) bond motifs is 1. The third kappa shape index (κ3) is 3.43. The zero-order chi connectivity index (χ0) is 20.5. The molecule has 1 aliphatic heterocycles. The Kier molecular flexibility index (Phi) is 4.92. The monoisotopic (exact) mass is 419 g/mol. The Hall–Kier alpha value is -3.26. The molecule has 0 radical (unpaired) electrons. The fourth-order valence-corrected chi connectivity index (χ4v) is 4.52. The van der Waals surface area contributed by atoms with Gasteiger partial charge in [-0.05, 0) is 60.7 Å². The molecule has 8 heteroatoms. The largest absolute Gasteiger partial charge is 0.497 e. The number of hydrogen-bond donors (Lipinski definition) is 0. The molecule has 7 nitrogen and oxygen atoms in total. The molecule has 0 bridgehead atoms. The molecule has 4 heterocycles. The Morgan fingerprint density at radius 3 is 2.57 bits per heavy atom. The third-order valence-corrected chi connectivity index (χ3v) is 6.28. The van der Waals surface area contributed by atoms with E-state index in [9.17, 15) is 4.79 Å². The predicted octanol–water partition coefficient (Wildman–Crippen LogP) is 3.96. The second-order valence-electron chi connectivity index (χ2n) is 7.35. The van der Waals surface area contributed by atoms with Crippen LogP contribution in [0.1, 0.15) is 23.2 Å². The Labute approximate surface area is 177 Å². The molecule has 0 N–H and O–H groups in total. The van der Waals surface area contributed by atoms with Gasteiger partial charge in [0.15, 0.2) is 17.3 Å². The number of rotatable bonds is 5. The van der Waals surface area contributed by atoms with E-state index in [0.29, 0.717) is 0 Å². The van der Waals surface area contributed by atoms with Gasteiger partial charge in [0.2, 0.25) is 0 Å². The first kappa shape index (κ1) is 18.7. The quantitative estimate of drug-likeness (QED) is 0.456. The topological polar surface area (TPSA) is 72.6 Å². The summed E-state index contributed by atoms with van der Waals surface area (Å²) in [4.78, 5) is 15.1. The molecule has 1 fully saturated rings. The van der Waals surface area contributed by atoms with E-state index in [1.165, 1.54) is 0 Å². The molecule has 1 aliphatic rings. The number of aromatic nitrogens is 4. The summed E-state index contributed by atoms with van der Waals surface area (Å²) >= 11 is 1.62. The maximum Gasteiger partial charge on any atom is 0.186 e. The lowest BCUT2D eigenvalue weighted by molar-refractivity contribution is 0.0900. The van der Waals surface area contributed by atoms with Crippen LogP contribution in [0.4, 0.5) is 5.82 Å². The normalized spacial score (nSPS) is 14.9. The fourth-order valence-electron chi connectivity index (χ4n) is 3.88. The van der Waals surface area contributed by atoms with Gasteiger partial charge in [-0.1, -0.05) is 0 Å². The minimum absolute atomic E-state index is 0.0367. The highest BCUT2D eigenvalue weighted by atomic mass is 32.1. The van der Waals surface area contributed by atoms with Gasteiger partial charge in [0.1, 0.15) is 11.6 Å². The number of piperidine rings is 1. The van der Waals surface area contributed by atoms with Crippen molar-refractivity contribution in [1.82, 2.24) is 19.8 Å². The van der Waals surface area contributed by atoms with Crippen LogP contribution in [0.2, 0.25) is 0 Å². The van der Waals surface area contributed by atoms with Crippen LogP contribution in [0.25, 0.3) is 17.0 Å². The van der Waals surface area contributed by atoms with Gasteiger partial charge in [0, 0.05) is 35.5 Å². The second kappa shape index (κ2) is 7.87. The molecule has 4 aromatic rings. The molecule has 0 saturated carbocycles. The van der Waals surface area contributed by atoms with Crippen molar-refractivity contribution >= 4 is 28.6 Å². The van der Waals surface area contributed by atoms with Crippen LogP contribution in [0.5, 0.6) is 5.75 Å². The number of nitrogens with zero attached hydrogens (tertiary/aromatic N) is 5. The summed E-state index contributed by atoms with van der Waals surface area (Å²) in [7, 11) is 1.63. The standard InChI is InChI=1S/C22H21N5O2S/c1-29-18-4-2-15(3-5-18)21(28)16-8-11-26(12-9-16)20-7-6-19-23-24-22(27(19)25-20)17-10-13-30-14-17/h2-7,10,13-14,16H,8-9,11-12H2,1H3. The molecule has 0 unspecified atom stereocenters. The SMILES string of the molecule is COc1ccc(C(=O)C2CCN(c3ccc4nnc(-c5ccsc5)n4n3)CC2)cc1. The number of benzene rings is 1. The molecule has 0 amide bonds. The fraction of sp³-hybridized carbons (Fsp3) is 0.273. The highest BCUT2D eigenvalue weighted by molar-refractivity contribution is 7.08. The van der Waals surface area contributed by atoms with Crippen molar-refractivity contribution in [3.05, 3.63) is 58.8 Å². The Morgan fingerprint density at radius 2 is 1.87 bits per heavy atom. The lowest BCUT2D eigenvalue weighted by Gasteiger charge is -2.32. The summed E-state index contributed by atoms with van der Waals surface area (Å²) in [5, 5.41) is 17.4. The van der Waals surface area contributed by atoms with Crippen LogP contribution in [-0.2, 0) is 0 Å². The highest BCUT2D eigenvalue weighted by Gasteiger charge is 2.27. The minimum Gasteiger partial charge on any atom is -0.497 e. The summed E-state index contributed by atoms with van der Waals surface area (Å²) in [5.41, 5.74) is 2.49. The summed E-state index contributed by atoms with van der Waals surface area (Å²) in [6.07, 6.45) is 1.62. The molecule has 30 heavy (non-hydrogen) atoms. The summed E-state index contributed by atoms with van der Waals surface area (Å²) in [6, 6.07) is 13.3. The van der Waals surface area contributed by atoms with E-state index in [1.807, 2.05) is 53.2 Å². The molecule has 5 rings (SSSR count). The summed E-state index contributed by atoms with van der Waals surface area (Å²) in [6.45, 7) is 1.59. The van der Waals surface area contributed by atoms with E-state index in [1.54, 1.807) is 23.0 Å². The average molecular weight is 420 g/mol. The van der Waals surface area contributed by atoms with Crippen LogP contribution in [0.3, 0.4) is 0 Å². The van der Waals surface area contributed by atoms with Crippen molar-refractivity contribution in [2.24, 2.45) is 5.92 Å². The van der Waals surface area contributed by atoms with Crippen LogP contribution in [-0.4, -0.2) is 45.8 Å². The van der Waals surface area contributed by atoms with Crippen LogP contribution >= 0.6 is 11.3 Å². The minimum atomic E-state index is 0.0367. The second-order valence-corrected chi connectivity index (χ2v) is 8.13. The van der Waals surface area contributed by atoms with Crippen LogP contribution in [0.15, 0.2) is 53.2 Å². The molecule has 1 saturated heterocycles. The first-order valence-electron chi connectivity index (χ1n) is 9.91. The molecule has 0 aliphatic carbocycles. The van der Waals surface area contributed by atoms with E-state index in [2.05, 4.69) is 15.1 Å². The maximum atomic E-state index is 12.9. The number of thiophene rings is 1. The number of methoxy groups -OCH3 is 1. The predicted molar refractivity (Wildman–Crippen MR) is 116 cm³/mol. The van der Waals surface area contributed by atoms with Crippen molar-refractivity contribution in [2.75, 3.05) is 25.1 Å². The smallest absolute Gasteiger partial charge is 0.186 e. The molecule has 3 aromatic heterocycles. The van der Waals surface area contributed by atoms with Gasteiger partial charge in [-0.25, -0.2) is 0 Å². The van der Waals surface area contributed by atoms with Crippen molar-refractivity contribution < 1.29 is 9.53 Å². The first-order valence-corrected chi connectivity index (χ1v) is 10.9. The summed E-state index contributed by atoms with van der Waals surface area (Å²) in [5.74, 6) is 2.64. The molecular formula is C22H21N5O2S. The maximum absolute atomic E-state index is 12.9.